The predicted octanol–water partition coefficient (Wildman–Crippen LogP) is -0.124. The number of carbonyl (C=O) groups is 1. The van der Waals surface area contributed by atoms with E-state index < -0.39 is 22.9 Å². The summed E-state index contributed by atoms with van der Waals surface area (Å²) in [5.74, 6) is -0.926. The molecule has 2 aromatic heterocycles. The molecule has 2 N–H and O–H groups in total. The van der Waals surface area contributed by atoms with Crippen LogP contribution in [0.4, 0.5) is 0 Å². The van der Waals surface area contributed by atoms with Gasteiger partial charge in [-0.25, -0.2) is 9.59 Å². The minimum absolute atomic E-state index is 0.0406. The Bertz CT molecular complexity index is 619. The number of carboxylic acids is 1. The molecule has 0 bridgehead atoms. The van der Waals surface area contributed by atoms with Gasteiger partial charge in [0.1, 0.15) is 11.5 Å². The van der Waals surface area contributed by atoms with E-state index in [0.29, 0.717) is 5.76 Å². The van der Waals surface area contributed by atoms with Crippen LogP contribution < -0.4 is 11.2 Å². The van der Waals surface area contributed by atoms with Gasteiger partial charge in [-0.15, -0.1) is 0 Å². The van der Waals surface area contributed by atoms with Gasteiger partial charge in [0.25, 0.3) is 5.56 Å². The number of rotatable bonds is 3. The number of nitrogens with zero attached hydrogens (tertiary/aromatic N) is 1. The van der Waals surface area contributed by atoms with Crippen molar-refractivity contribution >= 4 is 5.97 Å². The van der Waals surface area contributed by atoms with Crippen LogP contribution in [0.3, 0.4) is 0 Å². The topological polar surface area (TPSA) is 105 Å². The lowest BCUT2D eigenvalue weighted by Crippen LogP contribution is -2.36. The van der Waals surface area contributed by atoms with Crippen molar-refractivity contribution in [2.45, 2.75) is 6.54 Å². The molecule has 0 aliphatic rings. The fourth-order valence-corrected chi connectivity index (χ4v) is 1.34. The van der Waals surface area contributed by atoms with E-state index in [1.165, 1.54) is 6.26 Å². The zero-order valence-corrected chi connectivity index (χ0v) is 8.54. The fourth-order valence-electron chi connectivity index (χ4n) is 1.34. The Labute approximate surface area is 93.9 Å². The Kier molecular flexibility index (Phi) is 2.65. The summed E-state index contributed by atoms with van der Waals surface area (Å²) in [5, 5.41) is 8.64. The molecule has 0 amide bonds. The first kappa shape index (κ1) is 10.9. The van der Waals surface area contributed by atoms with Crippen molar-refractivity contribution in [1.29, 1.82) is 0 Å². The van der Waals surface area contributed by atoms with Crippen LogP contribution in [0.1, 0.15) is 16.2 Å². The fraction of sp³-hybridized carbons (Fsp3) is 0.100. The maximum atomic E-state index is 11.5. The van der Waals surface area contributed by atoms with Gasteiger partial charge in [0.15, 0.2) is 0 Å². The van der Waals surface area contributed by atoms with E-state index in [-0.39, 0.29) is 6.54 Å². The monoisotopic (exact) mass is 236 g/mol. The molecule has 0 atom stereocenters. The van der Waals surface area contributed by atoms with E-state index in [1.807, 2.05) is 0 Å². The van der Waals surface area contributed by atoms with Crippen LogP contribution in [0.2, 0.25) is 0 Å². The summed E-state index contributed by atoms with van der Waals surface area (Å²) in [6.07, 6.45) is 1.42. The van der Waals surface area contributed by atoms with Gasteiger partial charge in [0, 0.05) is 6.07 Å². The number of carboxylic acid groups (broad SMARTS) is 1. The quantitative estimate of drug-likeness (QED) is 0.772. The van der Waals surface area contributed by atoms with Gasteiger partial charge in [-0.3, -0.25) is 9.36 Å². The molecule has 0 saturated heterocycles. The smallest absolute Gasteiger partial charge is 0.352 e. The van der Waals surface area contributed by atoms with Crippen molar-refractivity contribution < 1.29 is 14.3 Å². The Morgan fingerprint density at radius 3 is 2.76 bits per heavy atom. The van der Waals surface area contributed by atoms with Crippen molar-refractivity contribution in [2.75, 3.05) is 0 Å². The van der Waals surface area contributed by atoms with Gasteiger partial charge in [-0.05, 0) is 12.1 Å². The first-order valence-electron chi connectivity index (χ1n) is 4.68. The summed E-state index contributed by atoms with van der Waals surface area (Å²) in [5.41, 5.74) is -1.91. The zero-order valence-electron chi connectivity index (χ0n) is 8.54. The molecule has 17 heavy (non-hydrogen) atoms. The maximum absolute atomic E-state index is 11.5. The maximum Gasteiger partial charge on any atom is 0.352 e. The zero-order chi connectivity index (χ0) is 12.4. The van der Waals surface area contributed by atoms with Crippen LogP contribution in [0.5, 0.6) is 0 Å². The molecule has 0 unspecified atom stereocenters. The van der Waals surface area contributed by atoms with Gasteiger partial charge < -0.3 is 14.5 Å². The molecule has 88 valence electrons. The predicted molar refractivity (Wildman–Crippen MR) is 56.1 cm³/mol. The third-order valence-corrected chi connectivity index (χ3v) is 2.15. The normalized spacial score (nSPS) is 10.4. The lowest BCUT2D eigenvalue weighted by molar-refractivity contribution is 0.0689. The molecule has 2 rings (SSSR count). The standard InChI is InChI=1S/C10H8N2O5/c13-8-4-7(9(14)15)11-10(16)12(8)5-6-2-1-3-17-6/h1-4H,5H2,(H,11,16)(H,14,15). The summed E-state index contributed by atoms with van der Waals surface area (Å²) < 4.78 is 5.85. The van der Waals surface area contributed by atoms with Gasteiger partial charge in [-0.1, -0.05) is 0 Å². The number of aromatic amines is 1. The van der Waals surface area contributed by atoms with E-state index in [9.17, 15) is 14.4 Å². The van der Waals surface area contributed by atoms with Gasteiger partial charge in [0.05, 0.1) is 12.8 Å². The van der Waals surface area contributed by atoms with Crippen molar-refractivity contribution in [2.24, 2.45) is 0 Å². The summed E-state index contributed by atoms with van der Waals surface area (Å²) >= 11 is 0. The minimum atomic E-state index is -1.36. The van der Waals surface area contributed by atoms with Crippen molar-refractivity contribution in [1.82, 2.24) is 9.55 Å². The van der Waals surface area contributed by atoms with Crippen LogP contribution in [0.15, 0.2) is 38.5 Å². The van der Waals surface area contributed by atoms with E-state index >= 15 is 0 Å². The summed E-state index contributed by atoms with van der Waals surface area (Å²) in [4.78, 5) is 35.7. The molecular weight excluding hydrogens is 228 g/mol. The minimum Gasteiger partial charge on any atom is -0.477 e. The van der Waals surface area contributed by atoms with Crippen LogP contribution >= 0.6 is 0 Å². The number of hydrogen-bond donors (Lipinski definition) is 2. The Morgan fingerprint density at radius 2 is 2.24 bits per heavy atom. The lowest BCUT2D eigenvalue weighted by atomic mass is 10.4. The first-order chi connectivity index (χ1) is 8.08. The molecule has 0 fully saturated rings. The Balaban J connectivity index is 2.46. The Hall–Kier alpha value is -2.57. The van der Waals surface area contributed by atoms with E-state index in [4.69, 9.17) is 9.52 Å². The lowest BCUT2D eigenvalue weighted by Gasteiger charge is -2.02. The molecule has 2 heterocycles. The van der Waals surface area contributed by atoms with E-state index in [1.54, 1.807) is 12.1 Å². The molecule has 0 aromatic carbocycles. The summed E-state index contributed by atoms with van der Waals surface area (Å²) in [6.45, 7) is -0.0406. The highest BCUT2D eigenvalue weighted by molar-refractivity contribution is 5.84. The van der Waals surface area contributed by atoms with E-state index in [2.05, 4.69) is 4.98 Å². The largest absolute Gasteiger partial charge is 0.477 e. The average molecular weight is 236 g/mol. The summed E-state index contributed by atoms with van der Waals surface area (Å²) in [6, 6.07) is 4.09. The molecule has 0 spiro atoms. The molecule has 7 nitrogen and oxygen atoms in total. The van der Waals surface area contributed by atoms with Crippen LogP contribution in [-0.4, -0.2) is 20.6 Å². The number of aromatic carboxylic acids is 1. The first-order valence-corrected chi connectivity index (χ1v) is 4.68. The van der Waals surface area contributed by atoms with Gasteiger partial charge in [-0.2, -0.15) is 0 Å². The van der Waals surface area contributed by atoms with Crippen molar-refractivity contribution in [3.05, 3.63) is 56.8 Å². The second-order valence-electron chi connectivity index (χ2n) is 3.30. The highest BCUT2D eigenvalue weighted by atomic mass is 16.4. The van der Waals surface area contributed by atoms with Crippen LogP contribution in [0.25, 0.3) is 0 Å². The SMILES string of the molecule is O=C(O)c1cc(=O)n(Cc2ccco2)c(=O)[nH]1. The highest BCUT2D eigenvalue weighted by Gasteiger charge is 2.10. The number of aromatic nitrogens is 2. The molecule has 0 radical (unpaired) electrons. The van der Waals surface area contributed by atoms with Crippen LogP contribution in [-0.2, 0) is 6.54 Å². The molecule has 0 aliphatic heterocycles. The van der Waals surface area contributed by atoms with Gasteiger partial charge >= 0.3 is 11.7 Å². The summed E-state index contributed by atoms with van der Waals surface area (Å²) in [7, 11) is 0. The van der Waals surface area contributed by atoms with Crippen molar-refractivity contribution in [3.8, 4) is 0 Å². The number of furan rings is 1. The second kappa shape index (κ2) is 4.12. The van der Waals surface area contributed by atoms with Crippen LogP contribution in [0, 0.1) is 0 Å². The number of hydrogen-bond acceptors (Lipinski definition) is 4. The molecule has 0 aliphatic carbocycles. The average Bonchev–Trinajstić information content (AvgIpc) is 2.75. The van der Waals surface area contributed by atoms with Gasteiger partial charge in [0.2, 0.25) is 0 Å². The molecule has 0 saturated carbocycles. The van der Waals surface area contributed by atoms with E-state index in [0.717, 1.165) is 10.6 Å². The molecule has 2 aromatic rings. The Morgan fingerprint density at radius 1 is 1.47 bits per heavy atom. The highest BCUT2D eigenvalue weighted by Crippen LogP contribution is 1.99. The molecule has 7 heteroatoms. The third kappa shape index (κ3) is 2.17. The number of H-pyrrole nitrogens is 1. The second-order valence-corrected chi connectivity index (χ2v) is 3.30. The van der Waals surface area contributed by atoms with Crippen molar-refractivity contribution in [3.63, 3.8) is 0 Å². The number of nitrogens with one attached hydrogen (secondary N) is 1. The third-order valence-electron chi connectivity index (χ3n) is 2.15. The molecular formula is C10H8N2O5.